The molecule has 0 aromatic carbocycles. The van der Waals surface area contributed by atoms with Crippen molar-refractivity contribution in [2.24, 2.45) is 11.3 Å². The Hall–Kier alpha value is -0.300. The Labute approximate surface area is 88.0 Å². The minimum absolute atomic E-state index is 0.355. The van der Waals surface area contributed by atoms with Gasteiger partial charge >= 0.3 is 0 Å². The second kappa shape index (κ2) is 3.10. The highest BCUT2D eigenvalue weighted by Gasteiger charge is 2.46. The van der Waals surface area contributed by atoms with E-state index in [1.807, 2.05) is 0 Å². The smallest absolute Gasteiger partial charge is 0.0131 e. The molecule has 1 fully saturated rings. The molecule has 1 saturated heterocycles. The van der Waals surface area contributed by atoms with E-state index < -0.39 is 0 Å². The molecule has 1 heteroatoms. The molecule has 0 aromatic heterocycles. The molecule has 2 rings (SSSR count). The van der Waals surface area contributed by atoms with Gasteiger partial charge in [-0.25, -0.2) is 0 Å². The Balaban J connectivity index is 2.19. The first-order chi connectivity index (χ1) is 6.44. The van der Waals surface area contributed by atoms with Crippen molar-refractivity contribution >= 4 is 0 Å². The maximum Gasteiger partial charge on any atom is 0.0131 e. The number of hydrogen-bond acceptors (Lipinski definition) is 1. The molecule has 1 spiro atoms. The molecule has 0 bridgehead atoms. The molecule has 0 saturated carbocycles. The molecule has 2 aliphatic rings. The van der Waals surface area contributed by atoms with Gasteiger partial charge in [-0.3, -0.25) is 0 Å². The standard InChI is InChI=1S/C13H23N/c1-10-5-6-13(11(2)7-10)8-12(3,4)14-9-13/h7,11,14H,5-6,8-9H2,1-4H3. The highest BCUT2D eigenvalue weighted by atomic mass is 15.0. The highest BCUT2D eigenvalue weighted by Crippen LogP contribution is 2.48. The molecule has 0 radical (unpaired) electrons. The van der Waals surface area contributed by atoms with Crippen molar-refractivity contribution in [3.63, 3.8) is 0 Å². The van der Waals surface area contributed by atoms with Gasteiger partial charge in [0.25, 0.3) is 0 Å². The lowest BCUT2D eigenvalue weighted by molar-refractivity contribution is 0.195. The summed E-state index contributed by atoms with van der Waals surface area (Å²) in [5.41, 5.74) is 2.50. The van der Waals surface area contributed by atoms with Crippen molar-refractivity contribution in [3.05, 3.63) is 11.6 Å². The van der Waals surface area contributed by atoms with Gasteiger partial charge in [-0.05, 0) is 51.4 Å². The second-order valence-electron chi connectivity index (χ2n) is 6.08. The van der Waals surface area contributed by atoms with Crippen LogP contribution in [0.15, 0.2) is 11.6 Å². The molecule has 1 aliphatic heterocycles. The summed E-state index contributed by atoms with van der Waals surface area (Å²) in [5.74, 6) is 0.755. The lowest BCUT2D eigenvalue weighted by Crippen LogP contribution is -2.32. The minimum Gasteiger partial charge on any atom is -0.311 e. The van der Waals surface area contributed by atoms with E-state index >= 15 is 0 Å². The summed E-state index contributed by atoms with van der Waals surface area (Å²) in [6.07, 6.45) is 6.52. The van der Waals surface area contributed by atoms with E-state index in [0.29, 0.717) is 11.0 Å². The zero-order valence-electron chi connectivity index (χ0n) is 9.98. The van der Waals surface area contributed by atoms with Gasteiger partial charge < -0.3 is 5.32 Å². The SMILES string of the molecule is CC1=CC(C)C2(CC1)CNC(C)(C)C2. The molecule has 1 nitrogen and oxygen atoms in total. The summed E-state index contributed by atoms with van der Waals surface area (Å²) in [6.45, 7) is 10.5. The van der Waals surface area contributed by atoms with Crippen LogP contribution in [0.25, 0.3) is 0 Å². The van der Waals surface area contributed by atoms with E-state index in [2.05, 4.69) is 39.1 Å². The third kappa shape index (κ3) is 1.63. The molecule has 2 unspecified atom stereocenters. The number of nitrogens with one attached hydrogen (secondary N) is 1. The molecule has 1 heterocycles. The molecule has 0 amide bonds. The van der Waals surface area contributed by atoms with Crippen LogP contribution in [0.5, 0.6) is 0 Å². The van der Waals surface area contributed by atoms with Crippen LogP contribution < -0.4 is 5.32 Å². The van der Waals surface area contributed by atoms with Crippen LogP contribution in [-0.2, 0) is 0 Å². The first-order valence-corrected chi connectivity index (χ1v) is 5.86. The number of hydrogen-bond donors (Lipinski definition) is 1. The molecule has 2 atom stereocenters. The van der Waals surface area contributed by atoms with Crippen molar-refractivity contribution in [2.45, 2.75) is 52.5 Å². The fraction of sp³-hybridized carbons (Fsp3) is 0.846. The van der Waals surface area contributed by atoms with E-state index in [1.165, 1.54) is 25.8 Å². The Morgan fingerprint density at radius 3 is 2.64 bits per heavy atom. The zero-order chi connectivity index (χ0) is 10.4. The molecule has 1 aliphatic carbocycles. The van der Waals surface area contributed by atoms with Gasteiger partial charge in [-0.1, -0.05) is 18.6 Å². The molecule has 80 valence electrons. The van der Waals surface area contributed by atoms with Crippen molar-refractivity contribution in [2.75, 3.05) is 6.54 Å². The summed E-state index contributed by atoms with van der Waals surface area (Å²) in [4.78, 5) is 0. The third-order valence-electron chi connectivity index (χ3n) is 4.23. The van der Waals surface area contributed by atoms with Gasteiger partial charge in [-0.15, -0.1) is 0 Å². The van der Waals surface area contributed by atoms with Crippen LogP contribution in [0, 0.1) is 11.3 Å². The van der Waals surface area contributed by atoms with Gasteiger partial charge in [0.1, 0.15) is 0 Å². The van der Waals surface area contributed by atoms with Crippen molar-refractivity contribution in [3.8, 4) is 0 Å². The fourth-order valence-corrected chi connectivity index (χ4v) is 3.28. The Bertz CT molecular complexity index is 264. The zero-order valence-corrected chi connectivity index (χ0v) is 9.98. The van der Waals surface area contributed by atoms with Gasteiger partial charge in [-0.2, -0.15) is 0 Å². The van der Waals surface area contributed by atoms with Crippen molar-refractivity contribution < 1.29 is 0 Å². The Kier molecular flexibility index (Phi) is 2.26. The van der Waals surface area contributed by atoms with Crippen LogP contribution in [0.3, 0.4) is 0 Å². The Morgan fingerprint density at radius 1 is 1.43 bits per heavy atom. The minimum atomic E-state index is 0.355. The average Bonchev–Trinajstić information content (AvgIpc) is 2.38. The van der Waals surface area contributed by atoms with Gasteiger partial charge in [0.15, 0.2) is 0 Å². The van der Waals surface area contributed by atoms with Crippen molar-refractivity contribution in [1.82, 2.24) is 5.32 Å². The summed E-state index contributed by atoms with van der Waals surface area (Å²) >= 11 is 0. The van der Waals surface area contributed by atoms with Crippen LogP contribution in [0.4, 0.5) is 0 Å². The fourth-order valence-electron chi connectivity index (χ4n) is 3.28. The van der Waals surface area contributed by atoms with Crippen LogP contribution >= 0.6 is 0 Å². The van der Waals surface area contributed by atoms with Gasteiger partial charge in [0.05, 0.1) is 0 Å². The highest BCUT2D eigenvalue weighted by molar-refractivity contribution is 5.15. The summed E-state index contributed by atoms with van der Waals surface area (Å²) in [5, 5.41) is 3.67. The predicted molar refractivity (Wildman–Crippen MR) is 61.3 cm³/mol. The summed E-state index contributed by atoms with van der Waals surface area (Å²) in [6, 6.07) is 0. The second-order valence-corrected chi connectivity index (χ2v) is 6.08. The van der Waals surface area contributed by atoms with Gasteiger partial charge in [0.2, 0.25) is 0 Å². The molecule has 0 aromatic rings. The van der Waals surface area contributed by atoms with Crippen LogP contribution in [-0.4, -0.2) is 12.1 Å². The van der Waals surface area contributed by atoms with Crippen LogP contribution in [0.1, 0.15) is 47.0 Å². The average molecular weight is 193 g/mol. The van der Waals surface area contributed by atoms with Gasteiger partial charge in [0, 0.05) is 12.1 Å². The maximum atomic E-state index is 3.67. The van der Waals surface area contributed by atoms with E-state index in [9.17, 15) is 0 Å². The summed E-state index contributed by atoms with van der Waals surface area (Å²) in [7, 11) is 0. The lowest BCUT2D eigenvalue weighted by Gasteiger charge is -2.38. The van der Waals surface area contributed by atoms with Crippen LogP contribution in [0.2, 0.25) is 0 Å². The largest absolute Gasteiger partial charge is 0.311 e. The van der Waals surface area contributed by atoms with E-state index in [-0.39, 0.29) is 0 Å². The monoisotopic (exact) mass is 193 g/mol. The molecule has 14 heavy (non-hydrogen) atoms. The molecule has 1 N–H and O–H groups in total. The molecular formula is C13H23N. The molecular weight excluding hydrogens is 170 g/mol. The van der Waals surface area contributed by atoms with E-state index in [0.717, 1.165) is 5.92 Å². The van der Waals surface area contributed by atoms with E-state index in [4.69, 9.17) is 0 Å². The normalized spacial score (nSPS) is 41.4. The van der Waals surface area contributed by atoms with Crippen molar-refractivity contribution in [1.29, 1.82) is 0 Å². The lowest BCUT2D eigenvalue weighted by atomic mass is 9.66. The quantitative estimate of drug-likeness (QED) is 0.583. The summed E-state index contributed by atoms with van der Waals surface area (Å²) < 4.78 is 0. The maximum absolute atomic E-state index is 3.67. The Morgan fingerprint density at radius 2 is 2.14 bits per heavy atom. The topological polar surface area (TPSA) is 12.0 Å². The predicted octanol–water partition coefficient (Wildman–Crippen LogP) is 3.12. The number of rotatable bonds is 0. The van der Waals surface area contributed by atoms with E-state index in [1.54, 1.807) is 5.57 Å². The first-order valence-electron chi connectivity index (χ1n) is 5.86. The number of allylic oxidation sites excluding steroid dienone is 2. The third-order valence-corrected chi connectivity index (χ3v) is 4.23. The first kappa shape index (κ1) is 10.2.